The molecule has 0 spiro atoms. The van der Waals surface area contributed by atoms with Crippen LogP contribution in [0.3, 0.4) is 0 Å². The van der Waals surface area contributed by atoms with Crippen LogP contribution in [0.4, 0.5) is 51.2 Å². The molecule has 5 heterocycles. The molecular formula is C66H57BN4O. The number of hydrogen-bond acceptors (Lipinski definition) is 4. The molecule has 3 aliphatic heterocycles. The lowest BCUT2D eigenvalue weighted by Gasteiger charge is -2.47. The molecule has 5 nitrogen and oxygen atoms in total. The first-order chi connectivity index (χ1) is 34.6. The summed E-state index contributed by atoms with van der Waals surface area (Å²) in [5, 5.41) is 4.76. The number of aromatic nitrogens is 1. The number of fused-ring (bicyclic) bond motifs is 12. The number of anilines is 9. The molecule has 0 fully saturated rings. The molecule has 0 radical (unpaired) electrons. The molecule has 0 saturated carbocycles. The third-order valence-corrected chi connectivity index (χ3v) is 15.9. The molecule has 6 heteroatoms. The van der Waals surface area contributed by atoms with Crippen LogP contribution >= 0.6 is 0 Å². The number of rotatable bonds is 4. The van der Waals surface area contributed by atoms with E-state index in [0.717, 1.165) is 50.4 Å². The van der Waals surface area contributed by atoms with E-state index >= 15 is 0 Å². The Kier molecular flexibility index (Phi) is 8.82. The molecule has 3 aliphatic rings. The number of nitrogens with zero attached hydrogens (tertiary/aromatic N) is 4. The zero-order valence-corrected chi connectivity index (χ0v) is 42.6. The summed E-state index contributed by atoms with van der Waals surface area (Å²) in [6.45, 7) is 20.7. The van der Waals surface area contributed by atoms with Crippen LogP contribution < -0.4 is 31.1 Å². The number of benzene rings is 9. The monoisotopic (exact) mass is 932 g/mol. The molecule has 350 valence electrons. The van der Waals surface area contributed by atoms with Gasteiger partial charge in [-0.05, 0) is 140 Å². The van der Waals surface area contributed by atoms with Crippen LogP contribution in [0.25, 0.3) is 49.4 Å². The Morgan fingerprint density at radius 3 is 1.68 bits per heavy atom. The van der Waals surface area contributed by atoms with Crippen molar-refractivity contribution in [2.45, 2.75) is 78.6 Å². The Hall–Kier alpha value is -7.96. The topological polar surface area (TPSA) is 27.8 Å². The second kappa shape index (κ2) is 14.8. The minimum atomic E-state index is -0.161. The van der Waals surface area contributed by atoms with E-state index in [0.29, 0.717) is 0 Å². The van der Waals surface area contributed by atoms with Crippen LogP contribution in [0, 0.1) is 0 Å². The highest BCUT2D eigenvalue weighted by molar-refractivity contribution is 7.00. The fourth-order valence-electron chi connectivity index (χ4n) is 12.2. The number of hydrogen-bond donors (Lipinski definition) is 0. The lowest BCUT2D eigenvalue weighted by Crippen LogP contribution is -2.62. The lowest BCUT2D eigenvalue weighted by atomic mass is 9.33. The molecule has 0 unspecified atom stereocenters. The average Bonchev–Trinajstić information content (AvgIpc) is 3.92. The normalized spacial score (nSPS) is 13.8. The minimum Gasteiger partial charge on any atom is -0.456 e. The highest BCUT2D eigenvalue weighted by Crippen LogP contribution is 2.54. The molecule has 11 aromatic rings. The summed E-state index contributed by atoms with van der Waals surface area (Å²) in [6, 6.07) is 68.8. The van der Waals surface area contributed by atoms with E-state index in [2.05, 4.69) is 264 Å². The second-order valence-electron chi connectivity index (χ2n) is 23.5. The van der Waals surface area contributed by atoms with E-state index in [1.807, 2.05) is 0 Å². The van der Waals surface area contributed by atoms with Crippen molar-refractivity contribution in [2.75, 3.05) is 14.7 Å². The Morgan fingerprint density at radius 1 is 0.403 bits per heavy atom. The van der Waals surface area contributed by atoms with Gasteiger partial charge in [-0.2, -0.15) is 0 Å². The second-order valence-corrected chi connectivity index (χ2v) is 23.5. The summed E-state index contributed by atoms with van der Waals surface area (Å²) in [6.07, 6.45) is 0. The van der Waals surface area contributed by atoms with Crippen LogP contribution in [0.15, 0.2) is 186 Å². The first kappa shape index (κ1) is 42.9. The van der Waals surface area contributed by atoms with Gasteiger partial charge in [0.15, 0.2) is 0 Å². The van der Waals surface area contributed by atoms with E-state index in [1.54, 1.807) is 0 Å². The predicted octanol–water partition coefficient (Wildman–Crippen LogP) is 16.4. The molecular weight excluding hydrogens is 876 g/mol. The maximum atomic E-state index is 6.50. The van der Waals surface area contributed by atoms with E-state index in [4.69, 9.17) is 4.42 Å². The molecule has 72 heavy (non-hydrogen) atoms. The summed E-state index contributed by atoms with van der Waals surface area (Å²) in [5.74, 6) is 0. The van der Waals surface area contributed by atoms with Crippen molar-refractivity contribution in [1.82, 2.24) is 4.57 Å². The van der Waals surface area contributed by atoms with Crippen molar-refractivity contribution in [3.63, 3.8) is 0 Å². The highest BCUT2D eigenvalue weighted by Gasteiger charge is 2.47. The third kappa shape index (κ3) is 6.14. The summed E-state index contributed by atoms with van der Waals surface area (Å²) >= 11 is 0. The van der Waals surface area contributed by atoms with E-state index in [9.17, 15) is 0 Å². The Bertz CT molecular complexity index is 4010. The Morgan fingerprint density at radius 2 is 0.986 bits per heavy atom. The van der Waals surface area contributed by atoms with Gasteiger partial charge < -0.3 is 23.7 Å². The summed E-state index contributed by atoms with van der Waals surface area (Å²) in [4.78, 5) is 7.64. The minimum absolute atomic E-state index is 0.0261. The molecule has 2 aromatic heterocycles. The van der Waals surface area contributed by atoms with Gasteiger partial charge in [-0.1, -0.05) is 153 Å². The van der Waals surface area contributed by atoms with Gasteiger partial charge in [-0.25, -0.2) is 0 Å². The Labute approximate surface area is 422 Å². The molecule has 14 rings (SSSR count). The van der Waals surface area contributed by atoms with Crippen LogP contribution in [0.1, 0.15) is 79.0 Å². The molecule has 0 N–H and O–H groups in total. The van der Waals surface area contributed by atoms with E-state index in [-0.39, 0.29) is 23.0 Å². The van der Waals surface area contributed by atoms with Crippen LogP contribution in [0.2, 0.25) is 0 Å². The first-order valence-corrected chi connectivity index (χ1v) is 25.6. The zero-order chi connectivity index (χ0) is 49.2. The van der Waals surface area contributed by atoms with Crippen molar-refractivity contribution in [1.29, 1.82) is 0 Å². The van der Waals surface area contributed by atoms with Crippen molar-refractivity contribution < 1.29 is 4.42 Å². The standard InChI is InChI=1S/C66H57BN4O/c1-64(2,3)40-24-28-43(29-25-40)68(44-30-26-41(27-31-44)65(4,5)6)46-32-34-51-56(39-46)69(45-33-35-60-50(38-45)48-17-11-13-23-59(48)72-60)57-36-42(66(7,8)9)37-58-61(57)67(51)52-19-15-22-55-63(52)71(58)54-21-14-18-49-47-16-10-12-20-53(47)70(55)62(49)54/h10-39H,1-9H3. The molecule has 0 bridgehead atoms. The molecule has 0 saturated heterocycles. The smallest absolute Gasteiger partial charge is 0.252 e. The summed E-state index contributed by atoms with van der Waals surface area (Å²) in [5.41, 5.74) is 23.6. The number of furan rings is 1. The Balaban J connectivity index is 1.08. The fourth-order valence-corrected chi connectivity index (χ4v) is 12.2. The fraction of sp³-hybridized carbons (Fsp3) is 0.182. The predicted molar refractivity (Wildman–Crippen MR) is 306 cm³/mol. The maximum absolute atomic E-state index is 6.50. The van der Waals surface area contributed by atoms with Crippen molar-refractivity contribution in [3.8, 4) is 5.69 Å². The largest absolute Gasteiger partial charge is 0.456 e. The van der Waals surface area contributed by atoms with Crippen molar-refractivity contribution in [2.24, 2.45) is 0 Å². The van der Waals surface area contributed by atoms with Crippen LogP contribution in [0.5, 0.6) is 0 Å². The van der Waals surface area contributed by atoms with Gasteiger partial charge in [-0.3, -0.25) is 0 Å². The van der Waals surface area contributed by atoms with E-state index < -0.39 is 0 Å². The summed E-state index contributed by atoms with van der Waals surface area (Å²) < 4.78 is 9.03. The van der Waals surface area contributed by atoms with Crippen LogP contribution in [-0.4, -0.2) is 11.3 Å². The SMILES string of the molecule is CC(C)(C)c1ccc(N(c2ccc(C(C)(C)C)cc2)c2ccc3c(c2)N(c2ccc4oc5ccccc5c4c2)c2cc(C(C)(C)C)cc4c2B3c2cccc3c2N4c2cccc4c5ccccc5n-3c24)cc1. The highest BCUT2D eigenvalue weighted by atomic mass is 16.3. The quantitative estimate of drug-likeness (QED) is 0.164. The molecule has 0 aliphatic carbocycles. The van der Waals surface area contributed by atoms with Gasteiger partial charge in [-0.15, -0.1) is 0 Å². The van der Waals surface area contributed by atoms with Gasteiger partial charge in [0.05, 0.1) is 28.1 Å². The van der Waals surface area contributed by atoms with Gasteiger partial charge >= 0.3 is 0 Å². The molecule has 0 amide bonds. The van der Waals surface area contributed by atoms with Gasteiger partial charge in [0.2, 0.25) is 0 Å². The summed E-state index contributed by atoms with van der Waals surface area (Å²) in [7, 11) is 0. The maximum Gasteiger partial charge on any atom is 0.252 e. The van der Waals surface area contributed by atoms with Crippen LogP contribution in [-0.2, 0) is 16.2 Å². The first-order valence-electron chi connectivity index (χ1n) is 25.6. The average molecular weight is 933 g/mol. The van der Waals surface area contributed by atoms with Crippen molar-refractivity contribution in [3.05, 3.63) is 199 Å². The molecule has 9 aromatic carbocycles. The van der Waals surface area contributed by atoms with Gasteiger partial charge in [0.1, 0.15) is 11.2 Å². The lowest BCUT2D eigenvalue weighted by molar-refractivity contribution is 0.590. The third-order valence-electron chi connectivity index (χ3n) is 15.9. The molecule has 0 atom stereocenters. The van der Waals surface area contributed by atoms with E-state index in [1.165, 1.54) is 83.3 Å². The number of para-hydroxylation sites is 4. The van der Waals surface area contributed by atoms with Gasteiger partial charge in [0.25, 0.3) is 6.71 Å². The zero-order valence-electron chi connectivity index (χ0n) is 42.6. The van der Waals surface area contributed by atoms with Gasteiger partial charge in [0, 0.05) is 61.4 Å². The van der Waals surface area contributed by atoms with Crippen molar-refractivity contribution >= 4 is 118 Å².